The Bertz CT molecular complexity index is 540. The molecule has 1 unspecified atom stereocenters. The predicted octanol–water partition coefficient (Wildman–Crippen LogP) is 4.75. The highest BCUT2D eigenvalue weighted by Gasteiger charge is 2.08. The summed E-state index contributed by atoms with van der Waals surface area (Å²) in [6.07, 6.45) is 2.03. The minimum atomic E-state index is 0.121. The van der Waals surface area contributed by atoms with Crippen LogP contribution in [0, 0.1) is 6.92 Å². The van der Waals surface area contributed by atoms with Crippen LogP contribution < -0.4 is 5.73 Å². The number of nitrogens with two attached hydrogens (primary N) is 1. The van der Waals surface area contributed by atoms with Crippen LogP contribution >= 0.6 is 0 Å². The lowest BCUT2D eigenvalue weighted by Crippen LogP contribution is -2.11. The molecular formula is C19H25N. The average molecular weight is 267 g/mol. The molecule has 0 fully saturated rings. The summed E-state index contributed by atoms with van der Waals surface area (Å²) in [5.41, 5.74) is 11.7. The second kappa shape index (κ2) is 6.71. The van der Waals surface area contributed by atoms with E-state index in [9.17, 15) is 0 Å². The molecule has 0 aliphatic carbocycles. The maximum atomic E-state index is 6.32. The van der Waals surface area contributed by atoms with Crippen molar-refractivity contribution in [2.75, 3.05) is 0 Å². The summed E-state index contributed by atoms with van der Waals surface area (Å²) in [4.78, 5) is 0. The summed E-state index contributed by atoms with van der Waals surface area (Å²) >= 11 is 0. The van der Waals surface area contributed by atoms with Crippen LogP contribution in [0.5, 0.6) is 0 Å². The minimum Gasteiger partial charge on any atom is -0.324 e. The molecule has 0 spiro atoms. The van der Waals surface area contributed by atoms with Gasteiger partial charge in [0.2, 0.25) is 0 Å². The third kappa shape index (κ3) is 3.71. The Hall–Kier alpha value is -1.60. The van der Waals surface area contributed by atoms with Gasteiger partial charge in [0.25, 0.3) is 0 Å². The van der Waals surface area contributed by atoms with Crippen LogP contribution in [-0.4, -0.2) is 0 Å². The Morgan fingerprint density at radius 2 is 1.50 bits per heavy atom. The van der Waals surface area contributed by atoms with E-state index in [4.69, 9.17) is 5.73 Å². The molecule has 0 radical (unpaired) electrons. The topological polar surface area (TPSA) is 26.0 Å². The standard InChI is InChI=1S/C19H25N/c1-14(2)16-8-10-18(11-9-16)19(20)13-12-17-7-5-4-6-15(17)3/h4-11,14,19H,12-13,20H2,1-3H3. The number of benzene rings is 2. The molecule has 1 nitrogen and oxygen atoms in total. The fourth-order valence-electron chi connectivity index (χ4n) is 2.50. The molecule has 0 aliphatic heterocycles. The van der Waals surface area contributed by atoms with Crippen LogP contribution in [-0.2, 0) is 6.42 Å². The van der Waals surface area contributed by atoms with E-state index >= 15 is 0 Å². The lowest BCUT2D eigenvalue weighted by Gasteiger charge is -2.14. The van der Waals surface area contributed by atoms with Gasteiger partial charge in [-0.05, 0) is 47.9 Å². The fraction of sp³-hybridized carbons (Fsp3) is 0.368. The molecule has 106 valence electrons. The highest BCUT2D eigenvalue weighted by molar-refractivity contribution is 5.28. The van der Waals surface area contributed by atoms with E-state index in [1.54, 1.807) is 0 Å². The number of rotatable bonds is 5. The van der Waals surface area contributed by atoms with Gasteiger partial charge in [0.05, 0.1) is 0 Å². The first kappa shape index (κ1) is 14.8. The van der Waals surface area contributed by atoms with Crippen molar-refractivity contribution >= 4 is 0 Å². The van der Waals surface area contributed by atoms with Crippen LogP contribution in [0.25, 0.3) is 0 Å². The van der Waals surface area contributed by atoms with Crippen molar-refractivity contribution in [3.8, 4) is 0 Å². The zero-order valence-corrected chi connectivity index (χ0v) is 12.8. The van der Waals surface area contributed by atoms with E-state index in [-0.39, 0.29) is 6.04 Å². The second-order valence-electron chi connectivity index (χ2n) is 5.89. The molecule has 1 heteroatoms. The van der Waals surface area contributed by atoms with E-state index < -0.39 is 0 Å². The van der Waals surface area contributed by atoms with Crippen molar-refractivity contribution in [2.45, 2.75) is 45.6 Å². The normalized spacial score (nSPS) is 12.7. The third-order valence-corrected chi connectivity index (χ3v) is 4.02. The third-order valence-electron chi connectivity index (χ3n) is 4.02. The Morgan fingerprint density at radius 3 is 2.10 bits per heavy atom. The molecule has 0 amide bonds. The van der Waals surface area contributed by atoms with Gasteiger partial charge in [0, 0.05) is 6.04 Å². The maximum absolute atomic E-state index is 6.32. The summed E-state index contributed by atoms with van der Waals surface area (Å²) in [5, 5.41) is 0. The quantitative estimate of drug-likeness (QED) is 0.831. The lowest BCUT2D eigenvalue weighted by atomic mass is 9.95. The molecule has 0 aliphatic rings. The van der Waals surface area contributed by atoms with Crippen molar-refractivity contribution < 1.29 is 0 Å². The lowest BCUT2D eigenvalue weighted by molar-refractivity contribution is 0.649. The SMILES string of the molecule is Cc1ccccc1CCC(N)c1ccc(C(C)C)cc1. The average Bonchev–Trinajstić information content (AvgIpc) is 2.46. The molecule has 0 aromatic heterocycles. The molecule has 2 rings (SSSR count). The van der Waals surface area contributed by atoms with Crippen molar-refractivity contribution in [2.24, 2.45) is 5.73 Å². The summed E-state index contributed by atoms with van der Waals surface area (Å²) in [5.74, 6) is 0.576. The van der Waals surface area contributed by atoms with Gasteiger partial charge < -0.3 is 5.73 Å². The van der Waals surface area contributed by atoms with E-state index in [1.165, 1.54) is 22.3 Å². The van der Waals surface area contributed by atoms with Gasteiger partial charge in [-0.1, -0.05) is 62.4 Å². The monoisotopic (exact) mass is 267 g/mol. The number of aryl methyl sites for hydroxylation is 2. The Morgan fingerprint density at radius 1 is 0.900 bits per heavy atom. The van der Waals surface area contributed by atoms with Crippen molar-refractivity contribution in [3.05, 3.63) is 70.8 Å². The summed E-state index contributed by atoms with van der Waals surface area (Å²) < 4.78 is 0. The Kier molecular flexibility index (Phi) is 4.97. The molecular weight excluding hydrogens is 242 g/mol. The first-order valence-electron chi connectivity index (χ1n) is 7.48. The molecule has 0 saturated heterocycles. The van der Waals surface area contributed by atoms with Gasteiger partial charge in [-0.15, -0.1) is 0 Å². The first-order chi connectivity index (χ1) is 9.58. The van der Waals surface area contributed by atoms with Gasteiger partial charge in [0.15, 0.2) is 0 Å². The predicted molar refractivity (Wildman–Crippen MR) is 87.0 cm³/mol. The van der Waals surface area contributed by atoms with Crippen molar-refractivity contribution in [1.29, 1.82) is 0 Å². The highest BCUT2D eigenvalue weighted by Crippen LogP contribution is 2.21. The van der Waals surface area contributed by atoms with Gasteiger partial charge in [-0.3, -0.25) is 0 Å². The zero-order chi connectivity index (χ0) is 14.5. The van der Waals surface area contributed by atoms with Crippen LogP contribution in [0.2, 0.25) is 0 Å². The fourth-order valence-corrected chi connectivity index (χ4v) is 2.50. The molecule has 2 aromatic carbocycles. The van der Waals surface area contributed by atoms with E-state index in [0.717, 1.165) is 12.8 Å². The van der Waals surface area contributed by atoms with Crippen LogP contribution in [0.1, 0.15) is 54.5 Å². The van der Waals surface area contributed by atoms with Crippen LogP contribution in [0.15, 0.2) is 48.5 Å². The maximum Gasteiger partial charge on any atom is 0.0298 e. The summed E-state index contributed by atoms with van der Waals surface area (Å²) in [6.45, 7) is 6.60. The molecule has 0 bridgehead atoms. The van der Waals surface area contributed by atoms with E-state index in [0.29, 0.717) is 5.92 Å². The highest BCUT2D eigenvalue weighted by atomic mass is 14.6. The largest absolute Gasteiger partial charge is 0.324 e. The van der Waals surface area contributed by atoms with Crippen LogP contribution in [0.4, 0.5) is 0 Å². The smallest absolute Gasteiger partial charge is 0.0298 e. The van der Waals surface area contributed by atoms with Gasteiger partial charge in [-0.25, -0.2) is 0 Å². The number of hydrogen-bond donors (Lipinski definition) is 1. The molecule has 1 atom stereocenters. The van der Waals surface area contributed by atoms with E-state index in [1.807, 2.05) is 0 Å². The number of hydrogen-bond acceptors (Lipinski definition) is 1. The zero-order valence-electron chi connectivity index (χ0n) is 12.8. The molecule has 2 N–H and O–H groups in total. The molecule has 0 heterocycles. The summed E-state index contributed by atoms with van der Waals surface area (Å²) in [7, 11) is 0. The van der Waals surface area contributed by atoms with E-state index in [2.05, 4.69) is 69.3 Å². The second-order valence-corrected chi connectivity index (χ2v) is 5.89. The van der Waals surface area contributed by atoms with Crippen molar-refractivity contribution in [3.63, 3.8) is 0 Å². The molecule has 0 saturated carbocycles. The van der Waals surface area contributed by atoms with Crippen molar-refractivity contribution in [1.82, 2.24) is 0 Å². The molecule has 2 aromatic rings. The van der Waals surface area contributed by atoms with Gasteiger partial charge in [-0.2, -0.15) is 0 Å². The Labute approximate surface area is 122 Å². The van der Waals surface area contributed by atoms with Gasteiger partial charge >= 0.3 is 0 Å². The van der Waals surface area contributed by atoms with Gasteiger partial charge in [0.1, 0.15) is 0 Å². The Balaban J connectivity index is 1.98. The summed E-state index contributed by atoms with van der Waals surface area (Å²) in [6, 6.07) is 17.4. The molecule has 20 heavy (non-hydrogen) atoms. The first-order valence-corrected chi connectivity index (χ1v) is 7.48. The minimum absolute atomic E-state index is 0.121. The van der Waals surface area contributed by atoms with Crippen LogP contribution in [0.3, 0.4) is 0 Å².